The van der Waals surface area contributed by atoms with Crippen molar-refractivity contribution in [2.75, 3.05) is 11.3 Å². The maximum absolute atomic E-state index is 12.1. The minimum Gasteiger partial charge on any atom is -0.494 e. The van der Waals surface area contributed by atoms with Gasteiger partial charge < -0.3 is 4.74 Å². The Bertz CT molecular complexity index is 672. The van der Waals surface area contributed by atoms with Crippen LogP contribution < -0.4 is 9.46 Å². The van der Waals surface area contributed by atoms with E-state index in [0.29, 0.717) is 16.8 Å². The maximum atomic E-state index is 12.1. The summed E-state index contributed by atoms with van der Waals surface area (Å²) in [6, 6.07) is 6.12. The molecule has 0 radical (unpaired) electrons. The number of nitrogens with zero attached hydrogens (tertiary/aromatic N) is 2. The number of halogens is 1. The third-order valence-electron chi connectivity index (χ3n) is 2.29. The number of benzene rings is 1. The number of anilines is 1. The van der Waals surface area contributed by atoms with Gasteiger partial charge in [-0.15, -0.1) is 0 Å². The van der Waals surface area contributed by atoms with Crippen LogP contribution in [-0.2, 0) is 10.0 Å². The van der Waals surface area contributed by atoms with Gasteiger partial charge in [-0.25, -0.2) is 23.1 Å². The topological polar surface area (TPSA) is 81.2 Å². The van der Waals surface area contributed by atoms with Crippen LogP contribution in [0.15, 0.2) is 46.0 Å². The molecule has 1 aromatic carbocycles. The SMILES string of the molecule is CCOc1ccc(S(=O)(=O)Nc2ncc(Br)cn2)cc1. The highest BCUT2D eigenvalue weighted by Crippen LogP contribution is 2.18. The van der Waals surface area contributed by atoms with Crippen molar-refractivity contribution in [3.8, 4) is 5.75 Å². The third kappa shape index (κ3) is 3.67. The first-order valence-corrected chi connectivity index (χ1v) is 8.02. The number of aromatic nitrogens is 2. The van der Waals surface area contributed by atoms with Crippen molar-refractivity contribution in [3.05, 3.63) is 41.1 Å². The third-order valence-corrected chi connectivity index (χ3v) is 4.04. The molecule has 1 N–H and O–H groups in total. The standard InChI is InChI=1S/C12H12BrN3O3S/c1-2-19-10-3-5-11(6-4-10)20(17,18)16-12-14-7-9(13)8-15-12/h3-8H,2H2,1H3,(H,14,15,16). The van der Waals surface area contributed by atoms with E-state index in [1.807, 2.05) is 6.92 Å². The Balaban J connectivity index is 2.19. The summed E-state index contributed by atoms with van der Waals surface area (Å²) in [6.07, 6.45) is 2.92. The summed E-state index contributed by atoms with van der Waals surface area (Å²) in [7, 11) is -3.70. The lowest BCUT2D eigenvalue weighted by atomic mass is 10.3. The van der Waals surface area contributed by atoms with Gasteiger partial charge >= 0.3 is 0 Å². The van der Waals surface area contributed by atoms with Gasteiger partial charge in [-0.3, -0.25) is 0 Å². The molecule has 2 aromatic rings. The lowest BCUT2D eigenvalue weighted by Crippen LogP contribution is -2.14. The van der Waals surface area contributed by atoms with E-state index in [1.165, 1.54) is 24.5 Å². The quantitative estimate of drug-likeness (QED) is 0.888. The summed E-state index contributed by atoms with van der Waals surface area (Å²) >= 11 is 3.18. The van der Waals surface area contributed by atoms with Crippen molar-refractivity contribution in [1.82, 2.24) is 9.97 Å². The lowest BCUT2D eigenvalue weighted by molar-refractivity contribution is 0.340. The van der Waals surface area contributed by atoms with E-state index in [0.717, 1.165) is 0 Å². The highest BCUT2D eigenvalue weighted by molar-refractivity contribution is 9.10. The van der Waals surface area contributed by atoms with Gasteiger partial charge in [0.05, 0.1) is 16.0 Å². The Morgan fingerprint density at radius 3 is 2.35 bits per heavy atom. The predicted molar refractivity (Wildman–Crippen MR) is 78.2 cm³/mol. The molecule has 6 nitrogen and oxygen atoms in total. The highest BCUT2D eigenvalue weighted by atomic mass is 79.9. The Morgan fingerprint density at radius 1 is 1.20 bits per heavy atom. The maximum Gasteiger partial charge on any atom is 0.264 e. The highest BCUT2D eigenvalue weighted by Gasteiger charge is 2.15. The van der Waals surface area contributed by atoms with E-state index >= 15 is 0 Å². The zero-order valence-electron chi connectivity index (χ0n) is 10.6. The van der Waals surface area contributed by atoms with Crippen molar-refractivity contribution in [2.45, 2.75) is 11.8 Å². The van der Waals surface area contributed by atoms with E-state index in [9.17, 15) is 8.42 Å². The number of ether oxygens (including phenoxy) is 1. The first-order valence-electron chi connectivity index (χ1n) is 5.74. The summed E-state index contributed by atoms with van der Waals surface area (Å²) in [5.41, 5.74) is 0. The minimum absolute atomic E-state index is 0.0158. The van der Waals surface area contributed by atoms with Crippen LogP contribution in [-0.4, -0.2) is 25.0 Å². The summed E-state index contributed by atoms with van der Waals surface area (Å²) in [6.45, 7) is 2.38. The van der Waals surface area contributed by atoms with Gasteiger partial charge in [0.2, 0.25) is 5.95 Å². The number of rotatable bonds is 5. The van der Waals surface area contributed by atoms with Gasteiger partial charge in [-0.05, 0) is 47.1 Å². The molecular formula is C12H12BrN3O3S. The molecule has 0 fully saturated rings. The first-order chi connectivity index (χ1) is 9.51. The Morgan fingerprint density at radius 2 is 1.80 bits per heavy atom. The molecule has 0 amide bonds. The van der Waals surface area contributed by atoms with Crippen LogP contribution in [0, 0.1) is 0 Å². The average Bonchev–Trinajstić information content (AvgIpc) is 2.42. The van der Waals surface area contributed by atoms with Crippen molar-refractivity contribution in [3.63, 3.8) is 0 Å². The molecule has 0 bridgehead atoms. The summed E-state index contributed by atoms with van der Waals surface area (Å²) in [5, 5.41) is 0. The van der Waals surface area contributed by atoms with Crippen LogP contribution in [0.4, 0.5) is 5.95 Å². The fourth-order valence-corrected chi connectivity index (χ4v) is 2.59. The molecule has 0 aliphatic heterocycles. The normalized spacial score (nSPS) is 11.1. The summed E-state index contributed by atoms with van der Waals surface area (Å²) in [4.78, 5) is 7.84. The van der Waals surface area contributed by atoms with E-state index in [2.05, 4.69) is 30.6 Å². The molecule has 0 saturated carbocycles. The molecular weight excluding hydrogens is 346 g/mol. The van der Waals surface area contributed by atoms with Crippen molar-refractivity contribution < 1.29 is 13.2 Å². The van der Waals surface area contributed by atoms with E-state index in [-0.39, 0.29) is 10.8 Å². The van der Waals surface area contributed by atoms with Crippen LogP contribution in [0.5, 0.6) is 5.75 Å². The van der Waals surface area contributed by atoms with Gasteiger partial charge in [0.15, 0.2) is 0 Å². The Kier molecular flexibility index (Phi) is 4.56. The number of hydrogen-bond acceptors (Lipinski definition) is 5. The second-order valence-corrected chi connectivity index (χ2v) is 6.33. The fraction of sp³-hybridized carbons (Fsp3) is 0.167. The lowest BCUT2D eigenvalue weighted by Gasteiger charge is -2.07. The van der Waals surface area contributed by atoms with Gasteiger partial charge in [-0.1, -0.05) is 0 Å². The number of nitrogens with one attached hydrogen (secondary N) is 1. The van der Waals surface area contributed by atoms with Crippen molar-refractivity contribution >= 4 is 31.9 Å². The molecule has 0 aliphatic carbocycles. The van der Waals surface area contributed by atoms with E-state index in [4.69, 9.17) is 4.74 Å². The molecule has 0 unspecified atom stereocenters. The minimum atomic E-state index is -3.70. The van der Waals surface area contributed by atoms with Crippen LogP contribution in [0.1, 0.15) is 6.92 Å². The molecule has 1 heterocycles. The Hall–Kier alpha value is -1.67. The van der Waals surface area contributed by atoms with Crippen molar-refractivity contribution in [2.24, 2.45) is 0 Å². The molecule has 0 atom stereocenters. The van der Waals surface area contributed by atoms with Gasteiger partial charge in [0, 0.05) is 12.4 Å². The summed E-state index contributed by atoms with van der Waals surface area (Å²) in [5.74, 6) is 0.633. The molecule has 20 heavy (non-hydrogen) atoms. The number of sulfonamides is 1. The smallest absolute Gasteiger partial charge is 0.264 e. The number of hydrogen-bond donors (Lipinski definition) is 1. The van der Waals surface area contributed by atoms with E-state index < -0.39 is 10.0 Å². The van der Waals surface area contributed by atoms with Gasteiger partial charge in [0.1, 0.15) is 5.75 Å². The predicted octanol–water partition coefficient (Wildman–Crippen LogP) is 2.44. The van der Waals surface area contributed by atoms with Crippen LogP contribution in [0.3, 0.4) is 0 Å². The fourth-order valence-electron chi connectivity index (χ4n) is 1.43. The van der Waals surface area contributed by atoms with Crippen LogP contribution in [0.2, 0.25) is 0 Å². The van der Waals surface area contributed by atoms with Crippen LogP contribution >= 0.6 is 15.9 Å². The van der Waals surface area contributed by atoms with Gasteiger partial charge in [-0.2, -0.15) is 0 Å². The van der Waals surface area contributed by atoms with Crippen molar-refractivity contribution in [1.29, 1.82) is 0 Å². The zero-order chi connectivity index (χ0) is 14.6. The first kappa shape index (κ1) is 14.7. The Labute approximate surface area is 125 Å². The molecule has 0 spiro atoms. The molecule has 8 heteroatoms. The zero-order valence-corrected chi connectivity index (χ0v) is 13.0. The summed E-state index contributed by atoms with van der Waals surface area (Å²) < 4.78 is 32.5. The molecule has 1 aromatic heterocycles. The van der Waals surface area contributed by atoms with Gasteiger partial charge in [0.25, 0.3) is 10.0 Å². The second kappa shape index (κ2) is 6.19. The largest absolute Gasteiger partial charge is 0.494 e. The van der Waals surface area contributed by atoms with Crippen LogP contribution in [0.25, 0.3) is 0 Å². The monoisotopic (exact) mass is 357 g/mol. The molecule has 0 saturated heterocycles. The second-order valence-electron chi connectivity index (χ2n) is 3.73. The molecule has 2 rings (SSSR count). The average molecular weight is 358 g/mol. The van der Waals surface area contributed by atoms with E-state index in [1.54, 1.807) is 12.1 Å². The molecule has 106 valence electrons. The molecule has 0 aliphatic rings.